The van der Waals surface area contributed by atoms with Crippen LogP contribution >= 0.6 is 23.2 Å². The molecule has 0 aliphatic carbocycles. The van der Waals surface area contributed by atoms with Crippen molar-refractivity contribution in [1.82, 2.24) is 0 Å². The van der Waals surface area contributed by atoms with Gasteiger partial charge < -0.3 is 10.1 Å². The van der Waals surface area contributed by atoms with E-state index in [-0.39, 0.29) is 0 Å². The van der Waals surface area contributed by atoms with Crippen molar-refractivity contribution in [2.75, 3.05) is 19.0 Å². The molecule has 0 unspecified atom stereocenters. The summed E-state index contributed by atoms with van der Waals surface area (Å²) < 4.78 is 5.03. The van der Waals surface area contributed by atoms with Crippen molar-refractivity contribution >= 4 is 28.9 Å². The summed E-state index contributed by atoms with van der Waals surface area (Å²) in [5.74, 6) is 0.828. The van der Waals surface area contributed by atoms with E-state index in [1.165, 1.54) is 5.54 Å². The standard InChI is InChI=1S/C10H11Cl2NO/c1-14-10-4-2-9(3-5-10)13-7-8(12)6-11/h2-6,13H,7H2,1H3. The SMILES string of the molecule is COc1ccc(NCC(Cl)=CCl)cc1. The summed E-state index contributed by atoms with van der Waals surface area (Å²) >= 11 is 11.1. The zero-order valence-corrected chi connectivity index (χ0v) is 9.27. The molecule has 0 heterocycles. The predicted octanol–water partition coefficient (Wildman–Crippen LogP) is 3.43. The third-order valence-electron chi connectivity index (χ3n) is 1.67. The Hall–Kier alpha value is -0.860. The van der Waals surface area contributed by atoms with Crippen LogP contribution in [0, 0.1) is 0 Å². The number of hydrogen-bond acceptors (Lipinski definition) is 2. The molecule has 76 valence electrons. The number of rotatable bonds is 4. The van der Waals surface area contributed by atoms with Crippen molar-refractivity contribution in [1.29, 1.82) is 0 Å². The molecule has 0 aromatic heterocycles. The number of ether oxygens (including phenoxy) is 1. The first-order chi connectivity index (χ1) is 6.76. The first kappa shape index (κ1) is 11.2. The Labute approximate surface area is 93.5 Å². The quantitative estimate of drug-likeness (QED) is 0.858. The summed E-state index contributed by atoms with van der Waals surface area (Å²) in [5, 5.41) is 3.68. The van der Waals surface area contributed by atoms with Gasteiger partial charge in [-0.05, 0) is 24.3 Å². The van der Waals surface area contributed by atoms with E-state index < -0.39 is 0 Å². The number of methoxy groups -OCH3 is 1. The van der Waals surface area contributed by atoms with Crippen LogP contribution in [0.3, 0.4) is 0 Å². The zero-order valence-electron chi connectivity index (χ0n) is 7.76. The number of anilines is 1. The average molecular weight is 232 g/mol. The lowest BCUT2D eigenvalue weighted by Gasteiger charge is -2.05. The molecule has 0 aliphatic rings. The maximum Gasteiger partial charge on any atom is 0.119 e. The maximum absolute atomic E-state index is 5.72. The third-order valence-corrected chi connectivity index (χ3v) is 2.29. The van der Waals surface area contributed by atoms with Gasteiger partial charge in [-0.1, -0.05) is 23.2 Å². The van der Waals surface area contributed by atoms with Crippen molar-refractivity contribution in [3.05, 3.63) is 34.8 Å². The van der Waals surface area contributed by atoms with Gasteiger partial charge in [0.1, 0.15) is 5.75 Å². The molecular weight excluding hydrogens is 221 g/mol. The molecule has 0 atom stereocenters. The highest BCUT2D eigenvalue weighted by Gasteiger charge is 1.94. The monoisotopic (exact) mass is 231 g/mol. The molecular formula is C10H11Cl2NO. The molecule has 0 saturated carbocycles. The molecule has 0 saturated heterocycles. The largest absolute Gasteiger partial charge is 0.497 e. The highest BCUT2D eigenvalue weighted by atomic mass is 35.5. The third kappa shape index (κ3) is 3.48. The Balaban J connectivity index is 2.52. The lowest BCUT2D eigenvalue weighted by Crippen LogP contribution is -2.00. The summed E-state index contributed by atoms with van der Waals surface area (Å²) in [5.41, 5.74) is 2.32. The Morgan fingerprint density at radius 2 is 2.07 bits per heavy atom. The molecule has 0 spiro atoms. The van der Waals surface area contributed by atoms with Crippen LogP contribution in [-0.2, 0) is 0 Å². The van der Waals surface area contributed by atoms with Crippen LogP contribution in [0.25, 0.3) is 0 Å². The summed E-state index contributed by atoms with van der Waals surface area (Å²) in [6, 6.07) is 7.58. The van der Waals surface area contributed by atoms with Crippen molar-refractivity contribution in [2.45, 2.75) is 0 Å². The van der Waals surface area contributed by atoms with Gasteiger partial charge in [0.2, 0.25) is 0 Å². The molecule has 0 aliphatic heterocycles. The molecule has 1 aromatic carbocycles. The summed E-state index contributed by atoms with van der Waals surface area (Å²) in [7, 11) is 1.63. The first-order valence-corrected chi connectivity index (χ1v) is 4.90. The molecule has 0 fully saturated rings. The van der Waals surface area contributed by atoms with Crippen molar-refractivity contribution in [3.63, 3.8) is 0 Å². The molecule has 0 amide bonds. The van der Waals surface area contributed by atoms with Crippen molar-refractivity contribution in [3.8, 4) is 5.75 Å². The highest BCUT2D eigenvalue weighted by Crippen LogP contribution is 2.15. The van der Waals surface area contributed by atoms with Gasteiger partial charge in [0.05, 0.1) is 13.7 Å². The molecule has 1 aromatic rings. The Morgan fingerprint density at radius 3 is 2.57 bits per heavy atom. The predicted molar refractivity (Wildman–Crippen MR) is 61.3 cm³/mol. The minimum atomic E-state index is 0.525. The Bertz CT molecular complexity index is 308. The topological polar surface area (TPSA) is 21.3 Å². The number of halogens is 2. The van der Waals surface area contributed by atoms with Gasteiger partial charge in [-0.15, -0.1) is 0 Å². The van der Waals surface area contributed by atoms with Gasteiger partial charge in [-0.3, -0.25) is 0 Å². The smallest absolute Gasteiger partial charge is 0.119 e. The second-order valence-electron chi connectivity index (χ2n) is 2.64. The molecule has 0 radical (unpaired) electrons. The van der Waals surface area contributed by atoms with Crippen LogP contribution in [0.5, 0.6) is 5.75 Å². The lowest BCUT2D eigenvalue weighted by atomic mass is 10.3. The van der Waals surface area contributed by atoms with Gasteiger partial charge in [0.25, 0.3) is 0 Å². The molecule has 0 bridgehead atoms. The van der Waals surface area contributed by atoms with Gasteiger partial charge in [-0.25, -0.2) is 0 Å². The van der Waals surface area contributed by atoms with Gasteiger partial charge in [0, 0.05) is 16.3 Å². The van der Waals surface area contributed by atoms with E-state index in [9.17, 15) is 0 Å². The number of hydrogen-bond donors (Lipinski definition) is 1. The fourth-order valence-electron chi connectivity index (χ4n) is 0.934. The van der Waals surface area contributed by atoms with Gasteiger partial charge in [-0.2, -0.15) is 0 Å². The van der Waals surface area contributed by atoms with Crippen molar-refractivity contribution in [2.24, 2.45) is 0 Å². The number of benzene rings is 1. The summed E-state index contributed by atoms with van der Waals surface area (Å²) in [4.78, 5) is 0. The van der Waals surface area contributed by atoms with Crippen LogP contribution in [-0.4, -0.2) is 13.7 Å². The molecule has 4 heteroatoms. The van der Waals surface area contributed by atoms with E-state index in [1.807, 2.05) is 24.3 Å². The van der Waals surface area contributed by atoms with E-state index in [0.29, 0.717) is 11.6 Å². The lowest BCUT2D eigenvalue weighted by molar-refractivity contribution is 0.415. The van der Waals surface area contributed by atoms with Crippen LogP contribution in [0.4, 0.5) is 5.69 Å². The van der Waals surface area contributed by atoms with Crippen LogP contribution in [0.15, 0.2) is 34.8 Å². The second kappa shape index (κ2) is 5.78. The van der Waals surface area contributed by atoms with Gasteiger partial charge in [0.15, 0.2) is 0 Å². The minimum absolute atomic E-state index is 0.525. The molecule has 14 heavy (non-hydrogen) atoms. The van der Waals surface area contributed by atoms with Crippen LogP contribution in [0.2, 0.25) is 0 Å². The summed E-state index contributed by atoms with van der Waals surface area (Å²) in [6.45, 7) is 0.525. The van der Waals surface area contributed by atoms with E-state index in [1.54, 1.807) is 7.11 Å². The average Bonchev–Trinajstić information content (AvgIpc) is 2.26. The van der Waals surface area contributed by atoms with E-state index >= 15 is 0 Å². The highest BCUT2D eigenvalue weighted by molar-refractivity contribution is 6.36. The minimum Gasteiger partial charge on any atom is -0.497 e. The van der Waals surface area contributed by atoms with Gasteiger partial charge >= 0.3 is 0 Å². The Kier molecular flexibility index (Phi) is 4.63. The van der Waals surface area contributed by atoms with Crippen LogP contribution < -0.4 is 10.1 Å². The van der Waals surface area contributed by atoms with Crippen LogP contribution in [0.1, 0.15) is 0 Å². The fraction of sp³-hybridized carbons (Fsp3) is 0.200. The molecule has 1 rings (SSSR count). The Morgan fingerprint density at radius 1 is 1.43 bits per heavy atom. The maximum atomic E-state index is 5.72. The zero-order chi connectivity index (χ0) is 10.4. The molecule has 2 nitrogen and oxygen atoms in total. The van der Waals surface area contributed by atoms with E-state index in [0.717, 1.165) is 11.4 Å². The van der Waals surface area contributed by atoms with E-state index in [4.69, 9.17) is 27.9 Å². The summed E-state index contributed by atoms with van der Waals surface area (Å²) in [6.07, 6.45) is 0. The number of nitrogens with one attached hydrogen (secondary N) is 1. The first-order valence-electron chi connectivity index (χ1n) is 4.09. The second-order valence-corrected chi connectivity index (χ2v) is 3.34. The van der Waals surface area contributed by atoms with Crippen molar-refractivity contribution < 1.29 is 4.74 Å². The van der Waals surface area contributed by atoms with E-state index in [2.05, 4.69) is 5.32 Å². The fourth-order valence-corrected chi connectivity index (χ4v) is 1.08. The molecule has 1 N–H and O–H groups in total. The normalized spacial score (nSPS) is 11.2.